The van der Waals surface area contributed by atoms with E-state index in [-0.39, 0.29) is 0 Å². The zero-order chi connectivity index (χ0) is 12.7. The highest BCUT2D eigenvalue weighted by Crippen LogP contribution is 2.56. The standard InChI is InChI=1S/C18H19N/c1-2-6-13(7-3-1)16-12-17(16)14-8-4-10-18-15(14)9-5-11-19-18/h1-4,6-8,10,16-17,19H,5,9,11-12H2. The number of rotatable bonds is 2. The topological polar surface area (TPSA) is 12.0 Å². The molecule has 0 spiro atoms. The smallest absolute Gasteiger partial charge is 0.0375 e. The Morgan fingerprint density at radius 2 is 1.79 bits per heavy atom. The lowest BCUT2D eigenvalue weighted by molar-refractivity contribution is 0.812. The van der Waals surface area contributed by atoms with Gasteiger partial charge < -0.3 is 5.32 Å². The first-order valence-corrected chi connectivity index (χ1v) is 7.34. The van der Waals surface area contributed by atoms with Crippen LogP contribution in [0.5, 0.6) is 0 Å². The van der Waals surface area contributed by atoms with Gasteiger partial charge in [0.2, 0.25) is 0 Å². The maximum absolute atomic E-state index is 3.54. The van der Waals surface area contributed by atoms with E-state index in [9.17, 15) is 0 Å². The van der Waals surface area contributed by atoms with E-state index in [0.717, 1.165) is 18.4 Å². The largest absolute Gasteiger partial charge is 0.385 e. The summed E-state index contributed by atoms with van der Waals surface area (Å²) in [6, 6.07) is 17.8. The molecule has 1 aliphatic carbocycles. The Morgan fingerprint density at radius 1 is 0.895 bits per heavy atom. The summed E-state index contributed by atoms with van der Waals surface area (Å²) >= 11 is 0. The van der Waals surface area contributed by atoms with Crippen LogP contribution in [0, 0.1) is 0 Å². The third-order valence-corrected chi connectivity index (χ3v) is 4.55. The normalized spacial score (nSPS) is 24.4. The van der Waals surface area contributed by atoms with Gasteiger partial charge in [-0.05, 0) is 53.9 Å². The fraction of sp³-hybridized carbons (Fsp3) is 0.333. The molecule has 0 saturated heterocycles. The van der Waals surface area contributed by atoms with Crippen LogP contribution in [-0.2, 0) is 6.42 Å². The predicted molar refractivity (Wildman–Crippen MR) is 79.8 cm³/mol. The molecule has 0 bridgehead atoms. The van der Waals surface area contributed by atoms with E-state index in [1.54, 1.807) is 11.1 Å². The van der Waals surface area contributed by atoms with Gasteiger partial charge >= 0.3 is 0 Å². The van der Waals surface area contributed by atoms with Gasteiger partial charge in [0, 0.05) is 12.2 Å². The molecule has 1 heterocycles. The second kappa shape index (κ2) is 4.41. The maximum atomic E-state index is 3.54. The molecule has 1 saturated carbocycles. The van der Waals surface area contributed by atoms with Crippen LogP contribution in [0.3, 0.4) is 0 Å². The first-order chi connectivity index (χ1) is 9.43. The lowest BCUT2D eigenvalue weighted by Crippen LogP contribution is -2.13. The highest BCUT2D eigenvalue weighted by atomic mass is 14.9. The molecule has 2 aromatic carbocycles. The average molecular weight is 249 g/mol. The number of benzene rings is 2. The lowest BCUT2D eigenvalue weighted by Gasteiger charge is -2.21. The fourth-order valence-corrected chi connectivity index (χ4v) is 3.49. The minimum Gasteiger partial charge on any atom is -0.385 e. The summed E-state index contributed by atoms with van der Waals surface area (Å²) in [4.78, 5) is 0. The third kappa shape index (κ3) is 1.94. The minimum absolute atomic E-state index is 0.745. The van der Waals surface area contributed by atoms with Gasteiger partial charge in [0.15, 0.2) is 0 Å². The number of hydrogen-bond donors (Lipinski definition) is 1. The van der Waals surface area contributed by atoms with Gasteiger partial charge in [0.05, 0.1) is 0 Å². The Kier molecular flexibility index (Phi) is 2.58. The molecule has 2 unspecified atom stereocenters. The van der Waals surface area contributed by atoms with Crippen LogP contribution in [0.2, 0.25) is 0 Å². The molecule has 0 aromatic heterocycles. The molecule has 1 N–H and O–H groups in total. The molecule has 19 heavy (non-hydrogen) atoms. The number of hydrogen-bond acceptors (Lipinski definition) is 1. The molecule has 2 aromatic rings. The van der Waals surface area contributed by atoms with Crippen molar-refractivity contribution in [2.75, 3.05) is 11.9 Å². The zero-order valence-corrected chi connectivity index (χ0v) is 11.1. The van der Waals surface area contributed by atoms with Gasteiger partial charge in [0.1, 0.15) is 0 Å². The first kappa shape index (κ1) is 11.1. The fourth-order valence-electron chi connectivity index (χ4n) is 3.49. The summed E-state index contributed by atoms with van der Waals surface area (Å²) in [5.41, 5.74) is 6.06. The molecular weight excluding hydrogens is 230 g/mol. The highest BCUT2D eigenvalue weighted by Gasteiger charge is 2.40. The van der Waals surface area contributed by atoms with E-state index < -0.39 is 0 Å². The van der Waals surface area contributed by atoms with Gasteiger partial charge in [-0.3, -0.25) is 0 Å². The van der Waals surface area contributed by atoms with Crippen molar-refractivity contribution in [2.45, 2.75) is 31.1 Å². The minimum atomic E-state index is 0.745. The molecule has 1 aliphatic heterocycles. The van der Waals surface area contributed by atoms with E-state index in [1.165, 1.54) is 30.5 Å². The number of nitrogens with one attached hydrogen (secondary N) is 1. The van der Waals surface area contributed by atoms with Crippen LogP contribution in [0.25, 0.3) is 0 Å². The average Bonchev–Trinajstić information content (AvgIpc) is 3.28. The molecular formula is C18H19N. The van der Waals surface area contributed by atoms with Crippen molar-refractivity contribution in [3.8, 4) is 0 Å². The number of anilines is 1. The summed E-state index contributed by atoms with van der Waals surface area (Å²) in [7, 11) is 0. The molecule has 2 atom stereocenters. The number of fused-ring (bicyclic) bond motifs is 1. The Morgan fingerprint density at radius 3 is 2.68 bits per heavy atom. The van der Waals surface area contributed by atoms with Crippen molar-refractivity contribution >= 4 is 5.69 Å². The van der Waals surface area contributed by atoms with Crippen molar-refractivity contribution in [1.29, 1.82) is 0 Å². The van der Waals surface area contributed by atoms with E-state index >= 15 is 0 Å². The molecule has 0 amide bonds. The van der Waals surface area contributed by atoms with Gasteiger partial charge in [-0.15, -0.1) is 0 Å². The van der Waals surface area contributed by atoms with Crippen LogP contribution in [0.1, 0.15) is 41.4 Å². The predicted octanol–water partition coefficient (Wildman–Crippen LogP) is 4.32. The Hall–Kier alpha value is -1.76. The Balaban J connectivity index is 1.65. The Bertz CT molecular complexity index is 588. The molecule has 1 nitrogen and oxygen atoms in total. The Labute approximate surface area is 114 Å². The van der Waals surface area contributed by atoms with Crippen LogP contribution in [0.4, 0.5) is 5.69 Å². The van der Waals surface area contributed by atoms with Gasteiger partial charge in [-0.1, -0.05) is 42.5 Å². The van der Waals surface area contributed by atoms with E-state index in [4.69, 9.17) is 0 Å². The highest BCUT2D eigenvalue weighted by molar-refractivity contribution is 5.58. The van der Waals surface area contributed by atoms with E-state index in [1.807, 2.05) is 0 Å². The molecule has 1 fully saturated rings. The van der Waals surface area contributed by atoms with Gasteiger partial charge in [-0.25, -0.2) is 0 Å². The molecule has 2 aliphatic rings. The SMILES string of the molecule is c1ccc(C2CC2c2cccc3c2CCCN3)cc1. The van der Waals surface area contributed by atoms with E-state index in [0.29, 0.717) is 0 Å². The van der Waals surface area contributed by atoms with Crippen molar-refractivity contribution in [1.82, 2.24) is 0 Å². The molecule has 1 heteroatoms. The third-order valence-electron chi connectivity index (χ3n) is 4.55. The summed E-state index contributed by atoms with van der Waals surface area (Å²) in [5, 5.41) is 3.54. The summed E-state index contributed by atoms with van der Waals surface area (Å²) in [6.45, 7) is 1.13. The van der Waals surface area contributed by atoms with Crippen LogP contribution >= 0.6 is 0 Å². The van der Waals surface area contributed by atoms with Gasteiger partial charge in [-0.2, -0.15) is 0 Å². The quantitative estimate of drug-likeness (QED) is 0.836. The van der Waals surface area contributed by atoms with Crippen LogP contribution in [0.15, 0.2) is 48.5 Å². The monoisotopic (exact) mass is 249 g/mol. The van der Waals surface area contributed by atoms with E-state index in [2.05, 4.69) is 53.8 Å². The van der Waals surface area contributed by atoms with Crippen molar-refractivity contribution in [3.63, 3.8) is 0 Å². The van der Waals surface area contributed by atoms with Crippen LogP contribution < -0.4 is 5.32 Å². The second-order valence-electron chi connectivity index (χ2n) is 5.76. The first-order valence-electron chi connectivity index (χ1n) is 7.34. The van der Waals surface area contributed by atoms with Crippen LogP contribution in [-0.4, -0.2) is 6.54 Å². The molecule has 96 valence electrons. The van der Waals surface area contributed by atoms with Crippen molar-refractivity contribution < 1.29 is 0 Å². The van der Waals surface area contributed by atoms with Crippen molar-refractivity contribution in [2.24, 2.45) is 0 Å². The second-order valence-corrected chi connectivity index (χ2v) is 5.76. The summed E-state index contributed by atoms with van der Waals surface area (Å²) < 4.78 is 0. The molecule has 4 rings (SSSR count). The van der Waals surface area contributed by atoms with Gasteiger partial charge in [0.25, 0.3) is 0 Å². The maximum Gasteiger partial charge on any atom is 0.0375 e. The van der Waals surface area contributed by atoms with Crippen molar-refractivity contribution in [3.05, 3.63) is 65.2 Å². The summed E-state index contributed by atoms with van der Waals surface area (Å²) in [5.74, 6) is 1.49. The molecule has 0 radical (unpaired) electrons. The summed E-state index contributed by atoms with van der Waals surface area (Å²) in [6.07, 6.45) is 3.84. The lowest BCUT2D eigenvalue weighted by atomic mass is 9.93. The zero-order valence-electron chi connectivity index (χ0n) is 11.1.